The third-order valence-corrected chi connectivity index (χ3v) is 11.2. The number of alkyl halides is 1. The van der Waals surface area contributed by atoms with Gasteiger partial charge in [0.25, 0.3) is 0 Å². The Morgan fingerprint density at radius 1 is 1.37 bits per heavy atom. The van der Waals surface area contributed by atoms with E-state index in [-0.39, 0.29) is 47.6 Å². The maximum absolute atomic E-state index is 14.5. The molecular weight excluding hydrogens is 574 g/mol. The standard InChI is InChI=1S/C26H32BrN5O5S/c1-4-9-30(13-31-18-8-6-5-7-17(18)28-29-31)24(35)22-26-11-16(27)21(38-26)19(25(36)37)20(26)23(34)32(22)15(12-33)10-14(2)3/h4-8,14-16,19-22,33H,1,9-13H2,2-3H3,(H,36,37)/t15-,16?,19-,20+,21-,22?,26?/m1/s1. The lowest BCUT2D eigenvalue weighted by molar-refractivity contribution is -0.150. The number of thioether (sulfide) groups is 1. The molecule has 0 radical (unpaired) electrons. The smallest absolute Gasteiger partial charge is 0.308 e. The zero-order chi connectivity index (χ0) is 27.4. The van der Waals surface area contributed by atoms with Gasteiger partial charge in [0.1, 0.15) is 18.2 Å². The van der Waals surface area contributed by atoms with Crippen LogP contribution in [0.3, 0.4) is 0 Å². The number of hydrogen-bond donors (Lipinski definition) is 2. The Morgan fingerprint density at radius 3 is 2.76 bits per heavy atom. The first-order valence-electron chi connectivity index (χ1n) is 12.8. The normalized spacial score (nSPS) is 30.7. The highest BCUT2D eigenvalue weighted by molar-refractivity contribution is 9.09. The van der Waals surface area contributed by atoms with Crippen molar-refractivity contribution in [2.75, 3.05) is 13.2 Å². The highest BCUT2D eigenvalue weighted by Gasteiger charge is 2.76. The molecule has 38 heavy (non-hydrogen) atoms. The van der Waals surface area contributed by atoms with E-state index in [0.717, 1.165) is 5.52 Å². The monoisotopic (exact) mass is 605 g/mol. The second kappa shape index (κ2) is 10.3. The molecular formula is C26H32BrN5O5S. The van der Waals surface area contributed by atoms with Crippen LogP contribution in [0, 0.1) is 17.8 Å². The van der Waals surface area contributed by atoms with Crippen molar-refractivity contribution >= 4 is 56.5 Å². The number of aliphatic hydroxyl groups is 1. The SMILES string of the molecule is C=CCN(Cn1nnc2ccccc21)C(=O)C1N([C@@H](CO)CC(C)C)C(=O)[C@@H]2[C@@H](C(=O)O)[C@@H]3SC12CC3Br. The first kappa shape index (κ1) is 27.1. The lowest BCUT2D eigenvalue weighted by atomic mass is 9.71. The summed E-state index contributed by atoms with van der Waals surface area (Å²) in [6.07, 6.45) is 2.61. The van der Waals surface area contributed by atoms with E-state index in [1.165, 1.54) is 16.7 Å². The van der Waals surface area contributed by atoms with E-state index < -0.39 is 34.6 Å². The minimum atomic E-state index is -1.03. The van der Waals surface area contributed by atoms with Crippen LogP contribution >= 0.6 is 27.7 Å². The summed E-state index contributed by atoms with van der Waals surface area (Å²) >= 11 is 5.11. The number of hydrogen-bond acceptors (Lipinski definition) is 7. The predicted molar refractivity (Wildman–Crippen MR) is 146 cm³/mol. The minimum Gasteiger partial charge on any atom is -0.481 e. The molecule has 2 aromatic rings. The van der Waals surface area contributed by atoms with Gasteiger partial charge in [0.2, 0.25) is 11.8 Å². The van der Waals surface area contributed by atoms with Crippen LogP contribution in [0.2, 0.25) is 0 Å². The van der Waals surface area contributed by atoms with Crippen LogP contribution in [0.4, 0.5) is 0 Å². The summed E-state index contributed by atoms with van der Waals surface area (Å²) in [5.74, 6) is -3.27. The van der Waals surface area contributed by atoms with E-state index in [2.05, 4.69) is 32.8 Å². The van der Waals surface area contributed by atoms with Crippen molar-refractivity contribution in [3.8, 4) is 0 Å². The minimum absolute atomic E-state index is 0.0901. The number of aliphatic hydroxyl groups excluding tert-OH is 1. The molecule has 7 atom stereocenters. The molecule has 3 unspecified atom stereocenters. The topological polar surface area (TPSA) is 129 Å². The van der Waals surface area contributed by atoms with Crippen molar-refractivity contribution in [3.05, 3.63) is 36.9 Å². The van der Waals surface area contributed by atoms with E-state index in [9.17, 15) is 24.6 Å². The first-order chi connectivity index (χ1) is 18.1. The zero-order valence-corrected chi connectivity index (χ0v) is 23.7. The number of nitrogens with zero attached hydrogens (tertiary/aromatic N) is 5. The molecule has 10 nitrogen and oxygen atoms in total. The molecule has 2 amide bonds. The summed E-state index contributed by atoms with van der Waals surface area (Å²) in [5.41, 5.74) is 1.46. The number of amides is 2. The average Bonchev–Trinajstić information content (AvgIpc) is 3.59. The molecule has 12 heteroatoms. The summed E-state index contributed by atoms with van der Waals surface area (Å²) in [7, 11) is 0. The van der Waals surface area contributed by atoms with Crippen LogP contribution in [-0.4, -0.2) is 92.8 Å². The molecule has 3 fully saturated rings. The highest BCUT2D eigenvalue weighted by Crippen LogP contribution is 2.68. The molecule has 2 N–H and O–H groups in total. The Bertz CT molecular complexity index is 1270. The van der Waals surface area contributed by atoms with Crippen molar-refractivity contribution in [2.24, 2.45) is 17.8 Å². The summed E-state index contributed by atoms with van der Waals surface area (Å²) < 4.78 is 0.724. The predicted octanol–water partition coefficient (Wildman–Crippen LogP) is 2.36. The average molecular weight is 607 g/mol. The largest absolute Gasteiger partial charge is 0.481 e. The Balaban J connectivity index is 1.58. The van der Waals surface area contributed by atoms with Gasteiger partial charge in [0.15, 0.2) is 0 Å². The molecule has 0 aliphatic carbocycles. The van der Waals surface area contributed by atoms with Gasteiger partial charge in [-0.15, -0.1) is 23.4 Å². The molecule has 1 spiro atoms. The summed E-state index contributed by atoms with van der Waals surface area (Å²) in [6.45, 7) is 7.81. The van der Waals surface area contributed by atoms with Crippen LogP contribution < -0.4 is 0 Å². The van der Waals surface area contributed by atoms with Crippen molar-refractivity contribution in [3.63, 3.8) is 0 Å². The molecule has 3 aliphatic rings. The lowest BCUT2D eigenvalue weighted by Crippen LogP contribution is -2.58. The molecule has 3 saturated heterocycles. The molecule has 1 aromatic carbocycles. The third kappa shape index (κ3) is 4.15. The van der Waals surface area contributed by atoms with Crippen molar-refractivity contribution in [1.29, 1.82) is 0 Å². The molecule has 5 rings (SSSR count). The number of carbonyl (C=O) groups is 3. The van der Waals surface area contributed by atoms with Crippen molar-refractivity contribution in [1.82, 2.24) is 24.8 Å². The van der Waals surface area contributed by atoms with Gasteiger partial charge in [-0.25, -0.2) is 4.68 Å². The Hall–Kier alpha value is -2.44. The van der Waals surface area contributed by atoms with Crippen LogP contribution in [0.5, 0.6) is 0 Å². The molecule has 204 valence electrons. The van der Waals surface area contributed by atoms with Gasteiger partial charge < -0.3 is 20.0 Å². The summed E-state index contributed by atoms with van der Waals surface area (Å²) in [4.78, 5) is 44.0. The number of carbonyl (C=O) groups excluding carboxylic acids is 2. The Labute approximate surface area is 233 Å². The Morgan fingerprint density at radius 2 is 2.11 bits per heavy atom. The molecule has 3 aliphatic heterocycles. The number of para-hydroxylation sites is 1. The maximum atomic E-state index is 14.5. The van der Waals surface area contributed by atoms with Gasteiger partial charge in [-0.1, -0.05) is 53.2 Å². The fourth-order valence-corrected chi connectivity index (χ4v) is 10.2. The van der Waals surface area contributed by atoms with Crippen molar-refractivity contribution in [2.45, 2.75) is 60.3 Å². The van der Waals surface area contributed by atoms with Crippen molar-refractivity contribution < 1.29 is 24.6 Å². The number of likely N-dealkylation sites (tertiary alicyclic amines) is 1. The van der Waals surface area contributed by atoms with E-state index in [0.29, 0.717) is 18.4 Å². The molecule has 1 aromatic heterocycles. The molecule has 2 bridgehead atoms. The van der Waals surface area contributed by atoms with E-state index in [1.807, 2.05) is 38.1 Å². The van der Waals surface area contributed by atoms with E-state index >= 15 is 0 Å². The number of benzene rings is 1. The second-order valence-corrected chi connectivity index (χ2v) is 13.5. The van der Waals surface area contributed by atoms with Crippen LogP contribution in [0.25, 0.3) is 11.0 Å². The lowest BCUT2D eigenvalue weighted by Gasteiger charge is -2.40. The number of carboxylic acid groups (broad SMARTS) is 1. The Kier molecular flexibility index (Phi) is 7.34. The fraction of sp³-hybridized carbons (Fsp3) is 0.577. The zero-order valence-electron chi connectivity index (χ0n) is 21.3. The van der Waals surface area contributed by atoms with Crippen LogP contribution in [0.1, 0.15) is 26.7 Å². The van der Waals surface area contributed by atoms with Gasteiger partial charge in [0.05, 0.1) is 34.7 Å². The number of aliphatic carboxylic acids is 1. The molecule has 0 saturated carbocycles. The van der Waals surface area contributed by atoms with E-state index in [4.69, 9.17) is 0 Å². The number of aromatic nitrogens is 3. The fourth-order valence-electron chi connectivity index (χ4n) is 6.57. The van der Waals surface area contributed by atoms with E-state index in [1.54, 1.807) is 15.7 Å². The second-order valence-electron chi connectivity index (χ2n) is 10.8. The van der Waals surface area contributed by atoms with Gasteiger partial charge >= 0.3 is 5.97 Å². The van der Waals surface area contributed by atoms with Gasteiger partial charge in [0, 0.05) is 16.6 Å². The quantitative estimate of drug-likeness (QED) is 0.312. The summed E-state index contributed by atoms with van der Waals surface area (Å²) in [6, 6.07) is 5.92. The highest BCUT2D eigenvalue weighted by atomic mass is 79.9. The van der Waals surface area contributed by atoms with Crippen LogP contribution in [0.15, 0.2) is 36.9 Å². The number of fused-ring (bicyclic) bond motifs is 2. The third-order valence-electron chi connectivity index (χ3n) is 7.98. The number of rotatable bonds is 10. The number of halogens is 1. The summed E-state index contributed by atoms with van der Waals surface area (Å²) in [5, 5.41) is 28.7. The van der Waals surface area contributed by atoms with Crippen LogP contribution in [-0.2, 0) is 21.1 Å². The van der Waals surface area contributed by atoms with Gasteiger partial charge in [-0.3, -0.25) is 14.4 Å². The number of carboxylic acids is 1. The molecule has 4 heterocycles. The van der Waals surface area contributed by atoms with Gasteiger partial charge in [-0.05, 0) is 30.9 Å². The maximum Gasteiger partial charge on any atom is 0.308 e. The first-order valence-corrected chi connectivity index (χ1v) is 14.6. The van der Waals surface area contributed by atoms with Gasteiger partial charge in [-0.2, -0.15) is 0 Å².